The Morgan fingerprint density at radius 3 is 1.92 bits per heavy atom. The summed E-state index contributed by atoms with van der Waals surface area (Å²) in [5, 5.41) is 44.9. The fourth-order valence-corrected chi connectivity index (χ4v) is 0.779. The van der Waals surface area contributed by atoms with Crippen molar-refractivity contribution in [3.8, 4) is 0 Å². The summed E-state index contributed by atoms with van der Waals surface area (Å²) in [5.41, 5.74) is 0. The zero-order valence-corrected chi connectivity index (χ0v) is 11.2. The van der Waals surface area contributed by atoms with E-state index in [9.17, 15) is 0 Å². The van der Waals surface area contributed by atoms with Crippen molar-refractivity contribution in [2.24, 2.45) is 0 Å². The topological polar surface area (TPSA) is 101 Å². The molecule has 0 aromatic heterocycles. The van der Waals surface area contributed by atoms with Crippen LogP contribution in [0, 0.1) is 0 Å². The van der Waals surface area contributed by atoms with Crippen LogP contribution in [-0.2, 0) is 0 Å². The summed E-state index contributed by atoms with van der Waals surface area (Å²) < 4.78 is 0. The Balaban J connectivity index is -0.000000605. The van der Waals surface area contributed by atoms with Crippen molar-refractivity contribution in [1.29, 1.82) is 0 Å². The van der Waals surface area contributed by atoms with Crippen molar-refractivity contribution < 1.29 is 78.3 Å². The van der Waals surface area contributed by atoms with Crippen molar-refractivity contribution in [3.05, 3.63) is 0 Å². The summed E-state index contributed by atoms with van der Waals surface area (Å²) in [7, 11) is 0. The molecule has 0 aliphatic rings. The van der Waals surface area contributed by atoms with E-state index in [2.05, 4.69) is 12.2 Å². The number of rotatable bonds is 5. The second kappa shape index (κ2) is 8.80. The molecule has 0 aliphatic carbocycles. The molecule has 0 rings (SSSR count). The van der Waals surface area contributed by atoms with E-state index in [0.717, 1.165) is 5.37 Å². The molecular formula is C6H13KO5S. The minimum atomic E-state index is -1.61. The summed E-state index contributed by atoms with van der Waals surface area (Å²) in [4.78, 5) is 0. The number of aliphatic hydroxyl groups excluding tert-OH is 5. The maximum atomic E-state index is 9.02. The molecule has 0 unspecified atom stereocenters. The molecule has 0 aromatic carbocycles. The molecule has 0 aromatic rings. The number of hydrogen-bond donors (Lipinski definition) is 5. The van der Waals surface area contributed by atoms with Gasteiger partial charge in [0, 0.05) is 5.37 Å². The summed E-state index contributed by atoms with van der Waals surface area (Å²) in [5.74, 6) is 0. The molecule has 7 heteroatoms. The first-order valence-corrected chi connectivity index (χ1v) is 3.80. The predicted molar refractivity (Wildman–Crippen MR) is 45.9 cm³/mol. The molecule has 0 heterocycles. The van der Waals surface area contributed by atoms with E-state index in [1.54, 1.807) is 0 Å². The minimum absolute atomic E-state index is 0. The van der Waals surface area contributed by atoms with E-state index in [1.165, 1.54) is 0 Å². The van der Waals surface area contributed by atoms with Crippen LogP contribution in [0.25, 0.3) is 0 Å². The van der Waals surface area contributed by atoms with Gasteiger partial charge in [-0.3, -0.25) is 0 Å². The second-order valence-electron chi connectivity index (χ2n) is 2.36. The summed E-state index contributed by atoms with van der Waals surface area (Å²) in [6.45, 7) is -0.692. The molecule has 4 atom stereocenters. The van der Waals surface area contributed by atoms with Gasteiger partial charge in [-0.05, 0) is 0 Å². The largest absolute Gasteiger partial charge is 1.00 e. The molecule has 0 spiro atoms. The zero-order chi connectivity index (χ0) is 9.72. The summed E-state index contributed by atoms with van der Waals surface area (Å²) in [6, 6.07) is 0. The van der Waals surface area contributed by atoms with Gasteiger partial charge in [0.2, 0.25) is 0 Å². The van der Waals surface area contributed by atoms with Gasteiger partial charge < -0.3 is 27.0 Å². The van der Waals surface area contributed by atoms with Crippen LogP contribution in [0.15, 0.2) is 0 Å². The van der Waals surface area contributed by atoms with Gasteiger partial charge in [-0.15, -0.1) is 0 Å². The third-order valence-corrected chi connectivity index (χ3v) is 1.70. The third kappa shape index (κ3) is 5.85. The van der Waals surface area contributed by atoms with Crippen LogP contribution in [0.5, 0.6) is 0 Å². The van der Waals surface area contributed by atoms with Crippen LogP contribution in [0.4, 0.5) is 0 Å². The maximum absolute atomic E-state index is 9.02. The van der Waals surface area contributed by atoms with E-state index < -0.39 is 31.0 Å². The van der Waals surface area contributed by atoms with Gasteiger partial charge >= 0.3 is 51.4 Å². The minimum Gasteiger partial charge on any atom is -1.00 e. The van der Waals surface area contributed by atoms with Crippen molar-refractivity contribution >= 4 is 17.6 Å². The monoisotopic (exact) mass is 236 g/mol. The summed E-state index contributed by atoms with van der Waals surface area (Å²) >= 11 is 4.30. The zero-order valence-electron chi connectivity index (χ0n) is 8.24. The molecule has 0 amide bonds. The molecule has 13 heavy (non-hydrogen) atoms. The summed E-state index contributed by atoms with van der Waals surface area (Å²) in [6.07, 6.45) is -6.06. The normalized spacial score (nSPS) is 19.5. The van der Waals surface area contributed by atoms with Gasteiger partial charge in [-0.1, -0.05) is 12.2 Å². The molecule has 5 nitrogen and oxygen atoms in total. The number of aliphatic hydroxyl groups is 5. The van der Waals surface area contributed by atoms with Crippen LogP contribution >= 0.6 is 12.2 Å². The van der Waals surface area contributed by atoms with Crippen molar-refractivity contribution in [1.82, 2.24) is 0 Å². The third-order valence-electron chi connectivity index (χ3n) is 1.42. The Hall–Kier alpha value is 1.53. The fourth-order valence-electron chi connectivity index (χ4n) is 0.618. The quantitative estimate of drug-likeness (QED) is 0.241. The van der Waals surface area contributed by atoms with Gasteiger partial charge in [0.15, 0.2) is 0 Å². The van der Waals surface area contributed by atoms with Gasteiger partial charge in [-0.2, -0.15) is 0 Å². The van der Waals surface area contributed by atoms with E-state index >= 15 is 0 Å². The smallest absolute Gasteiger partial charge is 1.00 e. The first-order valence-electron chi connectivity index (χ1n) is 3.33. The van der Waals surface area contributed by atoms with Crippen LogP contribution in [0.3, 0.4) is 0 Å². The Morgan fingerprint density at radius 2 is 1.62 bits per heavy atom. The van der Waals surface area contributed by atoms with Crippen LogP contribution in [0.1, 0.15) is 1.43 Å². The molecule has 0 fully saturated rings. The van der Waals surface area contributed by atoms with Crippen LogP contribution < -0.4 is 51.4 Å². The molecule has 0 radical (unpaired) electrons. The average Bonchev–Trinajstić information content (AvgIpc) is 2.12. The molecule has 74 valence electrons. The van der Waals surface area contributed by atoms with Crippen LogP contribution in [-0.4, -0.2) is 61.9 Å². The van der Waals surface area contributed by atoms with E-state index in [1.807, 2.05) is 0 Å². The predicted octanol–water partition coefficient (Wildman–Crippen LogP) is -5.46. The maximum Gasteiger partial charge on any atom is 1.00 e. The number of hydrogen-bond acceptors (Lipinski definition) is 6. The van der Waals surface area contributed by atoms with Gasteiger partial charge in [0.25, 0.3) is 0 Å². The van der Waals surface area contributed by atoms with Crippen LogP contribution in [0.2, 0.25) is 0 Å². The standard InChI is InChI=1S/C6H12O5S.K.H/c7-1-3(8)5(10)6(11)4(9)2-12;;/h2-11H,1H2;;/q;+1;-1/t3-,4+,5-,6-;;/m1../s1. The Kier molecular flexibility index (Phi) is 11.5. The molecule has 0 aliphatic heterocycles. The number of thiocarbonyl (C=S) groups is 1. The first-order chi connectivity index (χ1) is 5.54. The molecule has 0 bridgehead atoms. The van der Waals surface area contributed by atoms with Gasteiger partial charge in [0.1, 0.15) is 24.4 Å². The Morgan fingerprint density at radius 1 is 1.15 bits per heavy atom. The fraction of sp³-hybridized carbons (Fsp3) is 0.833. The second-order valence-corrected chi connectivity index (χ2v) is 2.63. The van der Waals surface area contributed by atoms with E-state index in [4.69, 9.17) is 25.5 Å². The first kappa shape index (κ1) is 16.9. The van der Waals surface area contributed by atoms with E-state index in [-0.39, 0.29) is 52.8 Å². The molecule has 0 saturated heterocycles. The molecule has 5 N–H and O–H groups in total. The van der Waals surface area contributed by atoms with Crippen molar-refractivity contribution in [3.63, 3.8) is 0 Å². The SMILES string of the molecule is OC[C@@H](O)[C@@H](O)[C@H](O)[C@@H](O)C=S.[H-].[K+]. The molecular weight excluding hydrogens is 223 g/mol. The molecule has 0 saturated carbocycles. The van der Waals surface area contributed by atoms with Gasteiger partial charge in [-0.25, -0.2) is 0 Å². The van der Waals surface area contributed by atoms with Crippen molar-refractivity contribution in [2.75, 3.05) is 6.61 Å². The van der Waals surface area contributed by atoms with Gasteiger partial charge in [0.05, 0.1) is 6.61 Å². The van der Waals surface area contributed by atoms with E-state index in [0.29, 0.717) is 0 Å². The van der Waals surface area contributed by atoms with Crippen molar-refractivity contribution in [2.45, 2.75) is 24.4 Å². The Bertz CT molecular complexity index is 152. The Labute approximate surface area is 125 Å². The average molecular weight is 236 g/mol.